The molecule has 0 aliphatic heterocycles. The number of anilines is 1. The van der Waals surface area contributed by atoms with Crippen molar-refractivity contribution in [3.05, 3.63) is 23.4 Å². The van der Waals surface area contributed by atoms with Gasteiger partial charge in [-0.2, -0.15) is 0 Å². The number of rotatable bonds is 5. The van der Waals surface area contributed by atoms with Gasteiger partial charge in [0.15, 0.2) is 0 Å². The van der Waals surface area contributed by atoms with Gasteiger partial charge in [-0.25, -0.2) is 4.98 Å². The molecule has 0 bridgehead atoms. The van der Waals surface area contributed by atoms with E-state index < -0.39 is 0 Å². The fraction of sp³-hybridized carbons (Fsp3) is 0.643. The van der Waals surface area contributed by atoms with Crippen LogP contribution in [0.1, 0.15) is 45.4 Å². The Bertz CT molecular complexity index is 353. The summed E-state index contributed by atoms with van der Waals surface area (Å²) in [7, 11) is 1.92. The van der Waals surface area contributed by atoms with Gasteiger partial charge in [-0.1, -0.05) is 13.3 Å². The van der Waals surface area contributed by atoms with Gasteiger partial charge in [-0.05, 0) is 44.9 Å². The summed E-state index contributed by atoms with van der Waals surface area (Å²) in [5, 5.41) is 6.63. The van der Waals surface area contributed by atoms with E-state index in [0.29, 0.717) is 0 Å². The normalized spacial score (nSPS) is 11.6. The van der Waals surface area contributed by atoms with Crippen molar-refractivity contribution in [3.8, 4) is 0 Å². The van der Waals surface area contributed by atoms with Gasteiger partial charge in [-0.3, -0.25) is 0 Å². The molecule has 0 saturated heterocycles. The first-order chi connectivity index (χ1) is 7.94. The Balaban J connectivity index is 2.79. The molecule has 0 aliphatic carbocycles. The number of hydrogen-bond donors (Lipinski definition) is 2. The fourth-order valence-corrected chi connectivity index (χ4v) is 1.63. The molecular formula is C14H25N3. The number of nitrogens with zero attached hydrogens (tertiary/aromatic N) is 1. The smallest absolute Gasteiger partial charge is 0.126 e. The van der Waals surface area contributed by atoms with Crippen LogP contribution >= 0.6 is 0 Å². The number of aromatic nitrogens is 1. The third kappa shape index (κ3) is 5.18. The van der Waals surface area contributed by atoms with Crippen LogP contribution in [0.4, 0.5) is 5.82 Å². The highest BCUT2D eigenvalue weighted by Gasteiger charge is 2.09. The van der Waals surface area contributed by atoms with E-state index in [9.17, 15) is 0 Å². The number of hydrogen-bond acceptors (Lipinski definition) is 3. The second kappa shape index (κ2) is 6.01. The Kier molecular flexibility index (Phi) is 4.94. The average molecular weight is 235 g/mol. The van der Waals surface area contributed by atoms with Crippen LogP contribution in [0.5, 0.6) is 0 Å². The molecule has 1 rings (SSSR count). The van der Waals surface area contributed by atoms with E-state index in [-0.39, 0.29) is 5.54 Å². The summed E-state index contributed by atoms with van der Waals surface area (Å²) in [6.07, 6.45) is 2.17. The zero-order chi connectivity index (χ0) is 12.9. The van der Waals surface area contributed by atoms with Crippen LogP contribution < -0.4 is 10.6 Å². The molecule has 3 heteroatoms. The van der Waals surface area contributed by atoms with Crippen molar-refractivity contribution >= 4 is 5.82 Å². The molecule has 0 spiro atoms. The molecule has 2 N–H and O–H groups in total. The van der Waals surface area contributed by atoms with Gasteiger partial charge in [0.2, 0.25) is 0 Å². The monoisotopic (exact) mass is 235 g/mol. The van der Waals surface area contributed by atoms with Gasteiger partial charge < -0.3 is 10.6 Å². The number of pyridine rings is 1. The minimum Gasteiger partial charge on any atom is -0.373 e. The largest absolute Gasteiger partial charge is 0.373 e. The van der Waals surface area contributed by atoms with Crippen LogP contribution in [0.15, 0.2) is 12.1 Å². The Morgan fingerprint density at radius 2 is 1.94 bits per heavy atom. The number of aryl methyl sites for hydroxylation is 1. The standard InChI is InChI=1S/C14H25N3/c1-6-7-12-8-11(9-13(15-5)17-12)10-16-14(2,3)4/h8-9,16H,6-7,10H2,1-5H3,(H,15,17). The van der Waals surface area contributed by atoms with Gasteiger partial charge in [-0.15, -0.1) is 0 Å². The zero-order valence-electron chi connectivity index (χ0n) is 11.7. The molecule has 17 heavy (non-hydrogen) atoms. The summed E-state index contributed by atoms with van der Waals surface area (Å²) >= 11 is 0. The molecule has 0 unspecified atom stereocenters. The highest BCUT2D eigenvalue weighted by atomic mass is 15.0. The lowest BCUT2D eigenvalue weighted by Crippen LogP contribution is -2.35. The van der Waals surface area contributed by atoms with Gasteiger partial charge in [0.25, 0.3) is 0 Å². The van der Waals surface area contributed by atoms with Gasteiger partial charge in [0.1, 0.15) is 5.82 Å². The molecule has 0 radical (unpaired) electrons. The van der Waals surface area contributed by atoms with Crippen molar-refractivity contribution < 1.29 is 0 Å². The summed E-state index contributed by atoms with van der Waals surface area (Å²) in [5.41, 5.74) is 2.61. The van der Waals surface area contributed by atoms with E-state index in [2.05, 4.69) is 55.4 Å². The molecule has 0 aromatic carbocycles. The van der Waals surface area contributed by atoms with E-state index in [4.69, 9.17) is 0 Å². The summed E-state index contributed by atoms with van der Waals surface area (Å²) in [6, 6.07) is 4.31. The topological polar surface area (TPSA) is 37.0 Å². The zero-order valence-corrected chi connectivity index (χ0v) is 11.7. The average Bonchev–Trinajstić information content (AvgIpc) is 2.25. The predicted molar refractivity (Wildman–Crippen MR) is 74.4 cm³/mol. The number of nitrogens with one attached hydrogen (secondary N) is 2. The second-order valence-electron chi connectivity index (χ2n) is 5.46. The lowest BCUT2D eigenvalue weighted by atomic mass is 10.1. The Morgan fingerprint density at radius 1 is 1.24 bits per heavy atom. The molecular weight excluding hydrogens is 210 g/mol. The van der Waals surface area contributed by atoms with Crippen molar-refractivity contribution in [2.45, 2.75) is 52.6 Å². The van der Waals surface area contributed by atoms with Crippen LogP contribution in [0.25, 0.3) is 0 Å². The SMILES string of the molecule is CCCc1cc(CNC(C)(C)C)cc(NC)n1. The minimum absolute atomic E-state index is 0.147. The van der Waals surface area contributed by atoms with Crippen molar-refractivity contribution in [1.29, 1.82) is 0 Å². The van der Waals surface area contributed by atoms with Crippen molar-refractivity contribution in [2.24, 2.45) is 0 Å². The van der Waals surface area contributed by atoms with E-state index in [1.807, 2.05) is 7.05 Å². The van der Waals surface area contributed by atoms with Crippen molar-refractivity contribution in [1.82, 2.24) is 10.3 Å². The highest BCUT2D eigenvalue weighted by molar-refractivity contribution is 5.39. The summed E-state index contributed by atoms with van der Waals surface area (Å²) in [5.74, 6) is 0.960. The quantitative estimate of drug-likeness (QED) is 0.824. The predicted octanol–water partition coefficient (Wildman–Crippen LogP) is 2.96. The lowest BCUT2D eigenvalue weighted by Gasteiger charge is -2.21. The first-order valence-electron chi connectivity index (χ1n) is 6.37. The lowest BCUT2D eigenvalue weighted by molar-refractivity contribution is 0.424. The third-order valence-corrected chi connectivity index (χ3v) is 2.52. The minimum atomic E-state index is 0.147. The fourth-order valence-electron chi connectivity index (χ4n) is 1.63. The van der Waals surface area contributed by atoms with E-state index in [1.54, 1.807) is 0 Å². The molecule has 1 heterocycles. The summed E-state index contributed by atoms with van der Waals surface area (Å²) < 4.78 is 0. The second-order valence-corrected chi connectivity index (χ2v) is 5.46. The molecule has 0 aliphatic rings. The van der Waals surface area contributed by atoms with E-state index in [1.165, 1.54) is 11.3 Å². The summed E-state index contributed by atoms with van der Waals surface area (Å²) in [6.45, 7) is 9.61. The Hall–Kier alpha value is -1.09. The van der Waals surface area contributed by atoms with Gasteiger partial charge in [0.05, 0.1) is 0 Å². The molecule has 0 saturated carbocycles. The van der Waals surface area contributed by atoms with Crippen LogP contribution in [0, 0.1) is 0 Å². The first kappa shape index (κ1) is 14.0. The highest BCUT2D eigenvalue weighted by Crippen LogP contribution is 2.13. The molecule has 1 aromatic heterocycles. The van der Waals surface area contributed by atoms with Gasteiger partial charge >= 0.3 is 0 Å². The van der Waals surface area contributed by atoms with Crippen LogP contribution in [0.3, 0.4) is 0 Å². The Morgan fingerprint density at radius 3 is 2.47 bits per heavy atom. The van der Waals surface area contributed by atoms with E-state index >= 15 is 0 Å². The van der Waals surface area contributed by atoms with E-state index in [0.717, 1.165) is 25.2 Å². The molecule has 3 nitrogen and oxygen atoms in total. The molecule has 0 fully saturated rings. The molecule has 1 aromatic rings. The maximum atomic E-state index is 4.55. The maximum Gasteiger partial charge on any atom is 0.126 e. The van der Waals surface area contributed by atoms with Crippen molar-refractivity contribution in [2.75, 3.05) is 12.4 Å². The van der Waals surface area contributed by atoms with Crippen LogP contribution in [-0.2, 0) is 13.0 Å². The first-order valence-corrected chi connectivity index (χ1v) is 6.37. The Labute approximate surface area is 105 Å². The van der Waals surface area contributed by atoms with Crippen molar-refractivity contribution in [3.63, 3.8) is 0 Å². The maximum absolute atomic E-state index is 4.55. The summed E-state index contributed by atoms with van der Waals surface area (Å²) in [4.78, 5) is 4.55. The molecule has 0 atom stereocenters. The molecule has 0 amide bonds. The van der Waals surface area contributed by atoms with Gasteiger partial charge in [0, 0.05) is 24.8 Å². The molecule has 96 valence electrons. The van der Waals surface area contributed by atoms with Crippen LogP contribution in [0.2, 0.25) is 0 Å². The third-order valence-electron chi connectivity index (χ3n) is 2.52. The van der Waals surface area contributed by atoms with Crippen LogP contribution in [-0.4, -0.2) is 17.6 Å².